The summed E-state index contributed by atoms with van der Waals surface area (Å²) in [5, 5.41) is 0.405. The Balaban J connectivity index is 2.32. The third-order valence-corrected chi connectivity index (χ3v) is 5.36. The zero-order valence-electron chi connectivity index (χ0n) is 10.4. The Labute approximate surface area is 123 Å². The van der Waals surface area contributed by atoms with Gasteiger partial charge in [0, 0.05) is 0 Å². The van der Waals surface area contributed by atoms with Crippen LogP contribution in [0, 0.1) is 0 Å². The molecule has 2 aromatic rings. The molecule has 5 heteroatoms. The van der Waals surface area contributed by atoms with Crippen molar-refractivity contribution >= 4 is 42.0 Å². The molecule has 0 spiro atoms. The second-order valence-electron chi connectivity index (χ2n) is 3.76. The van der Waals surface area contributed by atoms with E-state index in [4.69, 9.17) is 16.3 Å². The van der Waals surface area contributed by atoms with Crippen LogP contribution < -0.4 is 8.70 Å². The molecule has 0 aliphatic heterocycles. The summed E-state index contributed by atoms with van der Waals surface area (Å²) in [7, 11) is 0. The summed E-state index contributed by atoms with van der Waals surface area (Å²) < 4.78 is 7.22. The van der Waals surface area contributed by atoms with Crippen molar-refractivity contribution < 1.29 is 9.53 Å². The minimum absolute atomic E-state index is 0.332. The maximum absolute atomic E-state index is 11.9. The zero-order valence-corrected chi connectivity index (χ0v) is 13.2. The number of halogens is 1. The number of aromatic nitrogens is 1. The van der Waals surface area contributed by atoms with Crippen molar-refractivity contribution in [3.05, 3.63) is 53.3 Å². The molecular weight excluding hydrogens is 325 g/mol. The second kappa shape index (κ2) is 6.74. The van der Waals surface area contributed by atoms with Crippen molar-refractivity contribution in [1.82, 2.24) is 4.98 Å². The van der Waals surface area contributed by atoms with Crippen LogP contribution in [0.25, 0.3) is 0 Å². The Hall–Kier alpha value is -1.31. The number of hydrogen-bond donors (Lipinski definition) is 0. The quantitative estimate of drug-likeness (QED) is 0.479. The predicted molar refractivity (Wildman–Crippen MR) is 78.1 cm³/mol. The van der Waals surface area contributed by atoms with Crippen LogP contribution in [0.5, 0.6) is 0 Å². The van der Waals surface area contributed by atoms with E-state index in [2.05, 4.69) is 17.1 Å². The Morgan fingerprint density at radius 3 is 2.79 bits per heavy atom. The molecule has 98 valence electrons. The Morgan fingerprint density at radius 2 is 2.11 bits per heavy atom. The molecule has 0 saturated heterocycles. The standard InChI is InChI=1S/C14H13AsClNO2/c1-2-19-14(18)11-9-17-13(16)8-12(11)15-10-6-4-3-5-7-10/h3-9,15H,2H2,1H3. The van der Waals surface area contributed by atoms with E-state index >= 15 is 0 Å². The van der Waals surface area contributed by atoms with Crippen molar-refractivity contribution in [2.24, 2.45) is 0 Å². The van der Waals surface area contributed by atoms with Gasteiger partial charge in [0.05, 0.1) is 0 Å². The number of hydrogen-bond acceptors (Lipinski definition) is 3. The van der Waals surface area contributed by atoms with Crippen LogP contribution in [-0.2, 0) is 4.74 Å². The van der Waals surface area contributed by atoms with E-state index < -0.39 is 15.8 Å². The van der Waals surface area contributed by atoms with Crippen molar-refractivity contribution in [3.63, 3.8) is 0 Å². The van der Waals surface area contributed by atoms with Crippen LogP contribution >= 0.6 is 11.6 Å². The van der Waals surface area contributed by atoms with Crippen LogP contribution in [0.4, 0.5) is 0 Å². The topological polar surface area (TPSA) is 39.2 Å². The third kappa shape index (κ3) is 3.82. The number of carbonyl (C=O) groups excluding carboxylic acids is 1. The number of ether oxygens (including phenoxy) is 1. The molecule has 1 unspecified atom stereocenters. The monoisotopic (exact) mass is 337 g/mol. The molecule has 1 aromatic heterocycles. The SMILES string of the molecule is CCOC(=O)c1cnc(Cl)cc1[AsH]c1ccccc1. The first-order valence-electron chi connectivity index (χ1n) is 5.85. The van der Waals surface area contributed by atoms with Gasteiger partial charge in [-0.15, -0.1) is 0 Å². The maximum atomic E-state index is 11.9. The zero-order chi connectivity index (χ0) is 13.7. The van der Waals surface area contributed by atoms with Crippen molar-refractivity contribution in [3.8, 4) is 0 Å². The van der Waals surface area contributed by atoms with E-state index in [1.807, 2.05) is 18.2 Å². The number of benzene rings is 1. The molecule has 0 fully saturated rings. The van der Waals surface area contributed by atoms with E-state index in [1.165, 1.54) is 10.5 Å². The number of carbonyl (C=O) groups is 1. The van der Waals surface area contributed by atoms with Gasteiger partial charge in [0.15, 0.2) is 0 Å². The van der Waals surface area contributed by atoms with Crippen LogP contribution in [0.1, 0.15) is 17.3 Å². The molecule has 0 aliphatic rings. The first-order valence-corrected chi connectivity index (χ1v) is 8.33. The van der Waals surface area contributed by atoms with Gasteiger partial charge in [0.25, 0.3) is 0 Å². The van der Waals surface area contributed by atoms with Gasteiger partial charge in [-0.05, 0) is 0 Å². The van der Waals surface area contributed by atoms with Gasteiger partial charge in [-0.3, -0.25) is 0 Å². The van der Waals surface area contributed by atoms with Crippen molar-refractivity contribution in [2.45, 2.75) is 6.92 Å². The summed E-state index contributed by atoms with van der Waals surface area (Å²) in [5.74, 6) is -0.332. The molecule has 3 nitrogen and oxygen atoms in total. The summed E-state index contributed by atoms with van der Waals surface area (Å²) in [5.41, 5.74) is 0.523. The number of nitrogens with zero attached hydrogens (tertiary/aromatic N) is 1. The molecule has 1 atom stereocenters. The molecule has 19 heavy (non-hydrogen) atoms. The van der Waals surface area contributed by atoms with Crippen LogP contribution in [-0.4, -0.2) is 33.3 Å². The van der Waals surface area contributed by atoms with Gasteiger partial charge in [0.2, 0.25) is 0 Å². The molecule has 1 aromatic carbocycles. The summed E-state index contributed by atoms with van der Waals surface area (Å²) >= 11 is 5.29. The van der Waals surface area contributed by atoms with E-state index in [1.54, 1.807) is 13.0 Å². The van der Waals surface area contributed by atoms with Gasteiger partial charge in [-0.25, -0.2) is 0 Å². The van der Waals surface area contributed by atoms with Gasteiger partial charge in [-0.1, -0.05) is 0 Å². The number of esters is 1. The first kappa shape index (κ1) is 14.1. The summed E-state index contributed by atoms with van der Waals surface area (Å²) in [6.07, 6.45) is 1.50. The Kier molecular flexibility index (Phi) is 5.00. The minimum atomic E-state index is -0.630. The molecule has 1 heterocycles. The summed E-state index contributed by atoms with van der Waals surface area (Å²) in [6, 6.07) is 11.8. The van der Waals surface area contributed by atoms with Crippen LogP contribution in [0.3, 0.4) is 0 Å². The summed E-state index contributed by atoms with van der Waals surface area (Å²) in [4.78, 5) is 15.9. The normalized spacial score (nSPS) is 10.8. The van der Waals surface area contributed by atoms with Gasteiger partial charge in [0.1, 0.15) is 0 Å². The second-order valence-corrected chi connectivity index (χ2v) is 7.02. The van der Waals surface area contributed by atoms with Gasteiger partial charge >= 0.3 is 123 Å². The Morgan fingerprint density at radius 1 is 1.37 bits per heavy atom. The predicted octanol–water partition coefficient (Wildman–Crippen LogP) is 1.30. The molecular formula is C14H13AsClNO2. The number of rotatable bonds is 4. The fourth-order valence-corrected chi connectivity index (χ4v) is 4.41. The van der Waals surface area contributed by atoms with E-state index in [9.17, 15) is 4.79 Å². The first-order chi connectivity index (χ1) is 9.20. The third-order valence-electron chi connectivity index (χ3n) is 2.42. The molecule has 0 bridgehead atoms. The molecule has 0 radical (unpaired) electrons. The van der Waals surface area contributed by atoms with Crippen LogP contribution in [0.15, 0.2) is 42.6 Å². The molecule has 0 amide bonds. The molecule has 0 saturated carbocycles. The van der Waals surface area contributed by atoms with E-state index in [0.717, 1.165) is 4.35 Å². The Bertz CT molecular complexity index is 575. The van der Waals surface area contributed by atoms with E-state index in [-0.39, 0.29) is 5.97 Å². The fraction of sp³-hybridized carbons (Fsp3) is 0.143. The van der Waals surface area contributed by atoms with Crippen molar-refractivity contribution in [1.29, 1.82) is 0 Å². The molecule has 0 aliphatic carbocycles. The van der Waals surface area contributed by atoms with Gasteiger partial charge in [-0.2, -0.15) is 0 Å². The van der Waals surface area contributed by atoms with E-state index in [0.29, 0.717) is 17.3 Å². The number of pyridine rings is 1. The van der Waals surface area contributed by atoms with Crippen LogP contribution in [0.2, 0.25) is 5.15 Å². The fourth-order valence-electron chi connectivity index (χ4n) is 1.58. The van der Waals surface area contributed by atoms with Crippen molar-refractivity contribution in [2.75, 3.05) is 6.61 Å². The molecule has 0 N–H and O–H groups in total. The average molecular weight is 338 g/mol. The molecule has 2 rings (SSSR count). The average Bonchev–Trinajstić information content (AvgIpc) is 2.40. The van der Waals surface area contributed by atoms with Gasteiger partial charge < -0.3 is 0 Å². The summed E-state index contributed by atoms with van der Waals surface area (Å²) in [6.45, 7) is 2.14.